The highest BCUT2D eigenvalue weighted by molar-refractivity contribution is 9.10. The lowest BCUT2D eigenvalue weighted by Crippen LogP contribution is -2.48. The smallest absolute Gasteiger partial charge is 0.415 e. The van der Waals surface area contributed by atoms with E-state index in [1.165, 1.54) is 25.1 Å². The molecule has 0 heterocycles. The zero-order valence-electron chi connectivity index (χ0n) is 16.5. The van der Waals surface area contributed by atoms with Crippen molar-refractivity contribution in [2.24, 2.45) is 0 Å². The lowest BCUT2D eigenvalue weighted by molar-refractivity contribution is -0.384. The first-order valence-electron chi connectivity index (χ1n) is 8.32. The minimum atomic E-state index is -1.15. The zero-order valence-corrected chi connectivity index (χ0v) is 18.1. The Morgan fingerprint density at radius 1 is 1.11 bits per heavy atom. The summed E-state index contributed by atoms with van der Waals surface area (Å²) >= 11 is 3.12. The second-order valence-corrected chi connectivity index (χ2v) is 8.78. The maximum atomic E-state index is 12.8. The van der Waals surface area contributed by atoms with Crippen LogP contribution in [0.4, 0.5) is 16.2 Å². The molecule has 0 bridgehead atoms. The van der Waals surface area contributed by atoms with Crippen LogP contribution in [0, 0.1) is 10.1 Å². The van der Waals surface area contributed by atoms with Crippen molar-refractivity contribution < 1.29 is 24.0 Å². The van der Waals surface area contributed by atoms with E-state index < -0.39 is 34.2 Å². The normalized spacial score (nSPS) is 12.9. The fourth-order valence-electron chi connectivity index (χ4n) is 2.15. The molecule has 0 radical (unpaired) electrons. The van der Waals surface area contributed by atoms with E-state index in [9.17, 15) is 19.7 Å². The monoisotopic (exact) mass is 444 g/mol. The minimum Gasteiger partial charge on any atom is -0.458 e. The third kappa shape index (κ3) is 6.50. The average Bonchev–Trinajstić information content (AvgIpc) is 2.43. The highest BCUT2D eigenvalue weighted by Gasteiger charge is 2.38. The van der Waals surface area contributed by atoms with E-state index in [1.807, 2.05) is 0 Å². The van der Waals surface area contributed by atoms with Gasteiger partial charge < -0.3 is 9.47 Å². The number of anilines is 1. The van der Waals surface area contributed by atoms with Crippen LogP contribution in [0.5, 0.6) is 0 Å². The van der Waals surface area contributed by atoms with E-state index in [0.29, 0.717) is 0 Å². The molecule has 0 aromatic heterocycles. The Bertz CT molecular complexity index is 736. The summed E-state index contributed by atoms with van der Waals surface area (Å²) in [5.41, 5.74) is -2.06. The fourth-order valence-corrected chi connectivity index (χ4v) is 2.65. The van der Waals surface area contributed by atoms with Crippen LogP contribution >= 0.6 is 15.9 Å². The van der Waals surface area contributed by atoms with Crippen molar-refractivity contribution in [2.45, 2.75) is 65.7 Å². The van der Waals surface area contributed by atoms with Gasteiger partial charge in [-0.3, -0.25) is 15.0 Å². The summed E-state index contributed by atoms with van der Waals surface area (Å²) in [7, 11) is 0. The van der Waals surface area contributed by atoms with E-state index >= 15 is 0 Å². The first-order chi connectivity index (χ1) is 12.1. The molecule has 0 saturated carbocycles. The Kier molecular flexibility index (Phi) is 6.99. The molecule has 1 atom stereocenters. The third-order valence-electron chi connectivity index (χ3n) is 3.13. The van der Waals surface area contributed by atoms with Crippen molar-refractivity contribution in [1.82, 2.24) is 0 Å². The van der Waals surface area contributed by atoms with Gasteiger partial charge in [-0.2, -0.15) is 0 Å². The number of nitrogens with zero attached hydrogens (tertiary/aromatic N) is 2. The molecule has 9 heteroatoms. The molecule has 1 rings (SSSR count). The van der Waals surface area contributed by atoms with Crippen molar-refractivity contribution in [2.75, 3.05) is 4.90 Å². The van der Waals surface area contributed by atoms with Crippen LogP contribution in [-0.4, -0.2) is 34.2 Å². The van der Waals surface area contributed by atoms with Gasteiger partial charge in [-0.25, -0.2) is 9.59 Å². The number of para-hydroxylation sites is 1. The number of carbonyl (C=O) groups excluding carboxylic acids is 2. The Hall–Kier alpha value is -2.16. The van der Waals surface area contributed by atoms with E-state index in [2.05, 4.69) is 15.9 Å². The first-order valence-corrected chi connectivity index (χ1v) is 9.11. The van der Waals surface area contributed by atoms with Crippen molar-refractivity contribution in [3.63, 3.8) is 0 Å². The SMILES string of the molecule is CC(C(=O)OC(C)(C)C)N(C(=O)OC(C)(C)C)c1cccc(Br)c1[N+](=O)[O-]. The third-order valence-corrected chi connectivity index (χ3v) is 3.77. The number of nitro groups is 1. The van der Waals surface area contributed by atoms with Gasteiger partial charge in [0, 0.05) is 0 Å². The average molecular weight is 445 g/mol. The van der Waals surface area contributed by atoms with Crippen LogP contribution in [-0.2, 0) is 14.3 Å². The zero-order chi connectivity index (χ0) is 21.2. The number of halogens is 1. The Balaban J connectivity index is 3.49. The quantitative estimate of drug-likeness (QED) is 0.374. The largest absolute Gasteiger partial charge is 0.458 e. The molecule has 0 aliphatic rings. The number of ether oxygens (including phenoxy) is 2. The van der Waals surface area contributed by atoms with Crippen LogP contribution in [0.2, 0.25) is 0 Å². The van der Waals surface area contributed by atoms with Crippen LogP contribution in [0.15, 0.2) is 22.7 Å². The van der Waals surface area contributed by atoms with E-state index in [1.54, 1.807) is 41.5 Å². The summed E-state index contributed by atoms with van der Waals surface area (Å²) in [6.07, 6.45) is -0.887. The van der Waals surface area contributed by atoms with Crippen molar-refractivity contribution >= 4 is 39.4 Å². The molecule has 0 saturated heterocycles. The molecule has 150 valence electrons. The van der Waals surface area contributed by atoms with Crippen molar-refractivity contribution in [1.29, 1.82) is 0 Å². The molecule has 1 amide bonds. The van der Waals surface area contributed by atoms with E-state index in [-0.39, 0.29) is 15.8 Å². The topological polar surface area (TPSA) is 99.0 Å². The first kappa shape index (κ1) is 22.9. The lowest BCUT2D eigenvalue weighted by Gasteiger charge is -2.32. The van der Waals surface area contributed by atoms with Crippen LogP contribution < -0.4 is 4.90 Å². The van der Waals surface area contributed by atoms with Crippen LogP contribution in [0.3, 0.4) is 0 Å². The number of amides is 1. The van der Waals surface area contributed by atoms with Gasteiger partial charge >= 0.3 is 17.7 Å². The van der Waals surface area contributed by atoms with Gasteiger partial charge in [0.1, 0.15) is 22.9 Å². The van der Waals surface area contributed by atoms with Gasteiger partial charge in [-0.1, -0.05) is 6.07 Å². The Morgan fingerprint density at radius 3 is 2.07 bits per heavy atom. The van der Waals surface area contributed by atoms with E-state index in [0.717, 1.165) is 4.90 Å². The second kappa shape index (κ2) is 8.24. The van der Waals surface area contributed by atoms with Crippen LogP contribution in [0.25, 0.3) is 0 Å². The van der Waals surface area contributed by atoms with Gasteiger partial charge in [-0.15, -0.1) is 0 Å². The Labute approximate surface area is 167 Å². The second-order valence-electron chi connectivity index (χ2n) is 7.92. The summed E-state index contributed by atoms with van der Waals surface area (Å²) < 4.78 is 10.9. The number of carbonyl (C=O) groups is 2. The number of rotatable bonds is 4. The van der Waals surface area contributed by atoms with Crippen LogP contribution in [0.1, 0.15) is 48.5 Å². The van der Waals surface area contributed by atoms with Crippen molar-refractivity contribution in [3.05, 3.63) is 32.8 Å². The summed E-state index contributed by atoms with van der Waals surface area (Å²) in [6, 6.07) is 3.25. The predicted molar refractivity (Wildman–Crippen MR) is 105 cm³/mol. The number of hydrogen-bond acceptors (Lipinski definition) is 6. The molecular weight excluding hydrogens is 420 g/mol. The highest BCUT2D eigenvalue weighted by Crippen LogP contribution is 2.37. The van der Waals surface area contributed by atoms with Gasteiger partial charge in [0.25, 0.3) is 0 Å². The molecule has 0 aliphatic carbocycles. The van der Waals surface area contributed by atoms with Gasteiger partial charge in [0.2, 0.25) is 0 Å². The molecular formula is C18H25BrN2O6. The number of nitro benzene ring substituents is 1. The standard InChI is InChI=1S/C18H25BrN2O6/c1-11(15(22)26-17(2,3)4)20(16(23)27-18(5,6)7)13-10-8-9-12(19)14(13)21(24)25/h8-11H,1-7H3. The Morgan fingerprint density at radius 2 is 1.63 bits per heavy atom. The molecule has 0 fully saturated rings. The molecule has 27 heavy (non-hydrogen) atoms. The van der Waals surface area contributed by atoms with Gasteiger partial charge in [-0.05, 0) is 76.5 Å². The molecule has 1 aromatic rings. The molecule has 1 unspecified atom stereocenters. The summed E-state index contributed by atoms with van der Waals surface area (Å²) in [5, 5.41) is 11.6. The number of benzene rings is 1. The molecule has 8 nitrogen and oxygen atoms in total. The molecule has 1 aromatic carbocycles. The highest BCUT2D eigenvalue weighted by atomic mass is 79.9. The summed E-state index contributed by atoms with van der Waals surface area (Å²) in [4.78, 5) is 37.2. The molecule has 0 aliphatic heterocycles. The molecule has 0 spiro atoms. The number of esters is 1. The number of hydrogen-bond donors (Lipinski definition) is 0. The van der Waals surface area contributed by atoms with Gasteiger partial charge in [0.15, 0.2) is 0 Å². The minimum absolute atomic E-state index is 0.0676. The lowest BCUT2D eigenvalue weighted by atomic mass is 10.1. The predicted octanol–water partition coefficient (Wildman–Crippen LogP) is 4.83. The fraction of sp³-hybridized carbons (Fsp3) is 0.556. The summed E-state index contributed by atoms with van der Waals surface area (Å²) in [6.45, 7) is 11.5. The van der Waals surface area contributed by atoms with Crippen molar-refractivity contribution in [3.8, 4) is 0 Å². The maximum absolute atomic E-state index is 12.8. The van der Waals surface area contributed by atoms with E-state index in [4.69, 9.17) is 9.47 Å². The van der Waals surface area contributed by atoms with Gasteiger partial charge in [0.05, 0.1) is 9.40 Å². The summed E-state index contributed by atoms with van der Waals surface area (Å²) in [5.74, 6) is -0.706. The molecule has 0 N–H and O–H groups in total. The maximum Gasteiger partial charge on any atom is 0.415 e.